The number of nitrogens with two attached hydrogens (primary N) is 1. The first-order valence-corrected chi connectivity index (χ1v) is 10.0. The van der Waals surface area contributed by atoms with E-state index in [1.165, 1.54) is 23.1 Å². The fourth-order valence-electron chi connectivity index (χ4n) is 2.42. The minimum atomic E-state index is -0.705. The molecule has 9 heteroatoms. The number of esters is 1. The van der Waals surface area contributed by atoms with E-state index in [9.17, 15) is 14.4 Å². The molecule has 2 heterocycles. The highest BCUT2D eigenvalue weighted by Crippen LogP contribution is 2.30. The van der Waals surface area contributed by atoms with Gasteiger partial charge in [-0.05, 0) is 12.5 Å². The van der Waals surface area contributed by atoms with Crippen LogP contribution in [0, 0.1) is 0 Å². The van der Waals surface area contributed by atoms with Gasteiger partial charge in [0.25, 0.3) is 11.5 Å². The number of carbonyl (C=O) groups is 2. The Labute approximate surface area is 163 Å². The van der Waals surface area contributed by atoms with Crippen LogP contribution in [0.2, 0.25) is 0 Å². The van der Waals surface area contributed by atoms with Crippen LogP contribution in [0.25, 0.3) is 21.3 Å². The molecule has 3 N–H and O–H groups in total. The lowest BCUT2D eigenvalue weighted by molar-refractivity contribution is -0.146. The number of hydrogen-bond donors (Lipinski definition) is 2. The number of hydrogen-bond acceptors (Lipinski definition) is 7. The number of ether oxygens (including phenoxy) is 1. The summed E-state index contributed by atoms with van der Waals surface area (Å²) in [4.78, 5) is 42.9. The third-order valence-corrected chi connectivity index (χ3v) is 5.74. The number of primary amides is 1. The molecule has 0 aliphatic heterocycles. The zero-order valence-corrected chi connectivity index (χ0v) is 16.1. The molecule has 3 rings (SSSR count). The zero-order chi connectivity index (χ0) is 19.4. The molecule has 0 fully saturated rings. The van der Waals surface area contributed by atoms with Crippen molar-refractivity contribution in [2.75, 3.05) is 6.61 Å². The lowest BCUT2D eigenvalue weighted by Gasteiger charge is -2.10. The van der Waals surface area contributed by atoms with Crippen molar-refractivity contribution in [2.24, 2.45) is 5.73 Å². The Morgan fingerprint density at radius 2 is 2.07 bits per heavy atom. The van der Waals surface area contributed by atoms with E-state index >= 15 is 0 Å². The van der Waals surface area contributed by atoms with Crippen LogP contribution in [0.3, 0.4) is 0 Å². The van der Waals surface area contributed by atoms with E-state index in [0.717, 1.165) is 11.1 Å². The van der Waals surface area contributed by atoms with Gasteiger partial charge in [-0.1, -0.05) is 30.3 Å². The van der Waals surface area contributed by atoms with Gasteiger partial charge in [0, 0.05) is 10.9 Å². The standard InChI is InChI=1S/C18H17N3O4S2/c1-10(18(24)25-7-13(19)22)26-9-14-20-16(23)15-12(8-27-17(15)21-14)11-5-3-2-4-6-11/h2-6,8,10H,7,9H2,1H3,(H2,19,22)(H,20,21,23)/t10-/m1/s1. The molecule has 140 valence electrons. The van der Waals surface area contributed by atoms with Gasteiger partial charge in [-0.15, -0.1) is 23.1 Å². The Bertz CT molecular complexity index is 1030. The molecule has 1 amide bonds. The maximum atomic E-state index is 12.6. The maximum absolute atomic E-state index is 12.6. The Hall–Kier alpha value is -2.65. The number of carbonyl (C=O) groups excluding carboxylic acids is 2. The minimum absolute atomic E-state index is 0.209. The second-order valence-electron chi connectivity index (χ2n) is 5.74. The first-order chi connectivity index (χ1) is 13.0. The van der Waals surface area contributed by atoms with E-state index in [1.54, 1.807) is 6.92 Å². The minimum Gasteiger partial charge on any atom is -0.455 e. The van der Waals surface area contributed by atoms with E-state index < -0.39 is 23.7 Å². The number of fused-ring (bicyclic) bond motifs is 1. The Balaban J connectivity index is 1.75. The van der Waals surface area contributed by atoms with Crippen molar-refractivity contribution in [3.05, 3.63) is 51.9 Å². The van der Waals surface area contributed by atoms with Crippen molar-refractivity contribution in [1.82, 2.24) is 9.97 Å². The average Bonchev–Trinajstić information content (AvgIpc) is 3.09. The van der Waals surface area contributed by atoms with Gasteiger partial charge in [-0.3, -0.25) is 14.4 Å². The van der Waals surface area contributed by atoms with Crippen molar-refractivity contribution in [3.63, 3.8) is 0 Å². The molecule has 3 aromatic rings. The number of rotatable bonds is 7. The largest absolute Gasteiger partial charge is 0.455 e. The lowest BCUT2D eigenvalue weighted by Crippen LogP contribution is -2.25. The van der Waals surface area contributed by atoms with E-state index in [0.29, 0.717) is 21.8 Å². The third kappa shape index (κ3) is 4.55. The molecule has 0 saturated heterocycles. The normalized spacial score (nSPS) is 12.0. The second kappa shape index (κ2) is 8.36. The van der Waals surface area contributed by atoms with Crippen molar-refractivity contribution in [1.29, 1.82) is 0 Å². The average molecular weight is 403 g/mol. The molecular weight excluding hydrogens is 386 g/mol. The Kier molecular flexibility index (Phi) is 5.92. The Morgan fingerprint density at radius 3 is 2.78 bits per heavy atom. The van der Waals surface area contributed by atoms with Gasteiger partial charge in [0.2, 0.25) is 0 Å². The van der Waals surface area contributed by atoms with Gasteiger partial charge in [0.15, 0.2) is 6.61 Å². The Morgan fingerprint density at radius 1 is 1.33 bits per heavy atom. The molecule has 0 spiro atoms. The zero-order valence-electron chi connectivity index (χ0n) is 14.4. The second-order valence-corrected chi connectivity index (χ2v) is 7.92. The summed E-state index contributed by atoms with van der Waals surface area (Å²) in [6, 6.07) is 9.66. The predicted molar refractivity (Wildman–Crippen MR) is 107 cm³/mol. The van der Waals surface area contributed by atoms with Gasteiger partial charge in [-0.2, -0.15) is 0 Å². The first-order valence-electron chi connectivity index (χ1n) is 8.08. The molecule has 1 atom stereocenters. The van der Waals surface area contributed by atoms with Crippen LogP contribution in [0.5, 0.6) is 0 Å². The van der Waals surface area contributed by atoms with Crippen LogP contribution in [0.4, 0.5) is 0 Å². The smallest absolute Gasteiger partial charge is 0.319 e. The summed E-state index contributed by atoms with van der Waals surface area (Å²) in [5.41, 5.74) is 6.55. The van der Waals surface area contributed by atoms with Gasteiger partial charge < -0.3 is 15.5 Å². The van der Waals surface area contributed by atoms with Crippen LogP contribution in [-0.2, 0) is 20.1 Å². The number of nitrogens with zero attached hydrogens (tertiary/aromatic N) is 1. The fourth-order valence-corrected chi connectivity index (χ4v) is 4.14. The van der Waals surface area contributed by atoms with Crippen molar-refractivity contribution < 1.29 is 14.3 Å². The lowest BCUT2D eigenvalue weighted by atomic mass is 10.1. The highest BCUT2D eigenvalue weighted by atomic mass is 32.2. The summed E-state index contributed by atoms with van der Waals surface area (Å²) >= 11 is 2.66. The fraction of sp³-hybridized carbons (Fsp3) is 0.222. The third-order valence-electron chi connectivity index (χ3n) is 3.74. The number of amides is 1. The van der Waals surface area contributed by atoms with Gasteiger partial charge in [-0.25, -0.2) is 4.98 Å². The quantitative estimate of drug-likeness (QED) is 0.585. The molecule has 0 bridgehead atoms. The van der Waals surface area contributed by atoms with Crippen LogP contribution in [0.1, 0.15) is 12.7 Å². The number of thiophene rings is 1. The van der Waals surface area contributed by atoms with Gasteiger partial charge in [0.05, 0.1) is 11.1 Å². The van der Waals surface area contributed by atoms with Crippen LogP contribution in [0.15, 0.2) is 40.5 Å². The summed E-state index contributed by atoms with van der Waals surface area (Å²) in [5.74, 6) is -0.432. The summed E-state index contributed by atoms with van der Waals surface area (Å²) in [6.45, 7) is 1.21. The van der Waals surface area contributed by atoms with E-state index in [4.69, 9.17) is 10.5 Å². The van der Waals surface area contributed by atoms with E-state index in [1.807, 2.05) is 35.7 Å². The number of benzene rings is 1. The summed E-state index contributed by atoms with van der Waals surface area (Å²) in [6.07, 6.45) is 0. The number of thioether (sulfide) groups is 1. The van der Waals surface area contributed by atoms with Crippen LogP contribution < -0.4 is 11.3 Å². The topological polar surface area (TPSA) is 115 Å². The van der Waals surface area contributed by atoms with Crippen LogP contribution in [-0.4, -0.2) is 33.7 Å². The molecule has 0 aliphatic rings. The van der Waals surface area contributed by atoms with Gasteiger partial charge in [0.1, 0.15) is 15.9 Å². The number of aromatic amines is 1. The number of aromatic nitrogens is 2. The summed E-state index contributed by atoms with van der Waals surface area (Å²) in [7, 11) is 0. The maximum Gasteiger partial charge on any atom is 0.319 e. The van der Waals surface area contributed by atoms with E-state index in [2.05, 4.69) is 9.97 Å². The molecule has 1 aromatic carbocycles. The summed E-state index contributed by atoms with van der Waals surface area (Å²) in [5, 5.41) is 1.96. The molecule has 0 radical (unpaired) electrons. The van der Waals surface area contributed by atoms with Crippen LogP contribution >= 0.6 is 23.1 Å². The molecule has 27 heavy (non-hydrogen) atoms. The SMILES string of the molecule is C[C@@H](SCc1nc2scc(-c3ccccc3)c2c(=O)[nH]1)C(=O)OCC(N)=O. The van der Waals surface area contributed by atoms with Crippen molar-refractivity contribution >= 4 is 45.2 Å². The number of nitrogens with one attached hydrogen (secondary N) is 1. The molecular formula is C18H17N3O4S2. The monoisotopic (exact) mass is 403 g/mol. The summed E-state index contributed by atoms with van der Waals surface area (Å²) < 4.78 is 4.78. The van der Waals surface area contributed by atoms with Crippen molar-refractivity contribution in [3.8, 4) is 11.1 Å². The molecule has 0 aliphatic carbocycles. The predicted octanol–water partition coefficient (Wildman–Crippen LogP) is 2.30. The first kappa shape index (κ1) is 19.1. The highest BCUT2D eigenvalue weighted by Gasteiger charge is 2.18. The molecule has 7 nitrogen and oxygen atoms in total. The molecule has 0 unspecified atom stereocenters. The van der Waals surface area contributed by atoms with E-state index in [-0.39, 0.29) is 5.56 Å². The molecule has 0 saturated carbocycles. The van der Waals surface area contributed by atoms with Gasteiger partial charge >= 0.3 is 5.97 Å². The van der Waals surface area contributed by atoms with Crippen molar-refractivity contribution in [2.45, 2.75) is 17.9 Å². The molecule has 2 aromatic heterocycles. The number of H-pyrrole nitrogens is 1. The highest BCUT2D eigenvalue weighted by molar-refractivity contribution is 7.99.